The van der Waals surface area contributed by atoms with Gasteiger partial charge in [-0.3, -0.25) is 9.59 Å². The van der Waals surface area contributed by atoms with Gasteiger partial charge in [-0.2, -0.15) is 18.3 Å². The van der Waals surface area contributed by atoms with Gasteiger partial charge >= 0.3 is 6.18 Å². The van der Waals surface area contributed by atoms with Crippen LogP contribution in [0.2, 0.25) is 0 Å². The van der Waals surface area contributed by atoms with E-state index in [0.29, 0.717) is 17.0 Å². The summed E-state index contributed by atoms with van der Waals surface area (Å²) in [7, 11) is 0. The number of hydrogen-bond acceptors (Lipinski definition) is 5. The number of alkyl halides is 3. The van der Waals surface area contributed by atoms with Gasteiger partial charge in [-0.25, -0.2) is 4.68 Å². The highest BCUT2D eigenvalue weighted by Gasteiger charge is 2.46. The first-order chi connectivity index (χ1) is 16.2. The Kier molecular flexibility index (Phi) is 5.59. The van der Waals surface area contributed by atoms with E-state index in [1.165, 1.54) is 17.4 Å². The number of primary amides is 1. The largest absolute Gasteiger partial charge is 0.410 e. The van der Waals surface area contributed by atoms with Crippen molar-refractivity contribution in [1.29, 1.82) is 0 Å². The van der Waals surface area contributed by atoms with Crippen molar-refractivity contribution in [3.63, 3.8) is 0 Å². The fourth-order valence-corrected chi connectivity index (χ4v) is 5.96. The SMILES string of the molecule is NC(=O)c1c(NC(=O)c2cc3n(n2)[C@H](C(F)(F)F)C[C@@H](c2ccccc2)N3)sc2c1CCCC2. The van der Waals surface area contributed by atoms with Crippen molar-refractivity contribution < 1.29 is 22.8 Å². The summed E-state index contributed by atoms with van der Waals surface area (Å²) < 4.78 is 42.5. The van der Waals surface area contributed by atoms with Gasteiger partial charge in [0.2, 0.25) is 0 Å². The van der Waals surface area contributed by atoms with E-state index < -0.39 is 30.1 Å². The van der Waals surface area contributed by atoms with E-state index in [1.807, 2.05) is 0 Å². The predicted molar refractivity (Wildman–Crippen MR) is 122 cm³/mol. The van der Waals surface area contributed by atoms with Gasteiger partial charge in [-0.15, -0.1) is 11.3 Å². The number of anilines is 2. The maximum Gasteiger partial charge on any atom is 0.410 e. The van der Waals surface area contributed by atoms with Crippen LogP contribution in [0.5, 0.6) is 0 Å². The van der Waals surface area contributed by atoms with Crippen LogP contribution in [0.1, 0.15) is 68.2 Å². The summed E-state index contributed by atoms with van der Waals surface area (Å²) in [4.78, 5) is 26.1. The standard InChI is InChI=1S/C23H22F3N5O2S/c24-23(25,26)17-10-14(12-6-2-1-3-7-12)28-18-11-15(30-31(17)18)21(33)29-22-19(20(27)32)13-8-4-5-9-16(13)34-22/h1-3,6-7,11,14,17,28H,4-5,8-10H2,(H2,27,32)(H,29,33)/t14-,17-/m0/s1. The highest BCUT2D eigenvalue weighted by atomic mass is 32.1. The van der Waals surface area contributed by atoms with Crippen LogP contribution in [-0.4, -0.2) is 27.8 Å². The van der Waals surface area contributed by atoms with Crippen LogP contribution in [0.15, 0.2) is 36.4 Å². The fraction of sp³-hybridized carbons (Fsp3) is 0.348. The lowest BCUT2D eigenvalue weighted by atomic mass is 9.95. The molecule has 0 spiro atoms. The summed E-state index contributed by atoms with van der Waals surface area (Å²) in [6, 6.07) is 7.68. The minimum absolute atomic E-state index is 0.105. The Bertz CT molecular complexity index is 1250. The molecule has 1 aromatic carbocycles. The molecule has 0 fully saturated rings. The first-order valence-corrected chi connectivity index (χ1v) is 11.8. The van der Waals surface area contributed by atoms with Gasteiger partial charge in [0.15, 0.2) is 11.7 Å². The lowest BCUT2D eigenvalue weighted by molar-refractivity contribution is -0.173. The number of nitrogens with two attached hydrogens (primary N) is 1. The zero-order chi connectivity index (χ0) is 24.0. The molecule has 3 heterocycles. The van der Waals surface area contributed by atoms with E-state index in [1.54, 1.807) is 30.3 Å². The number of carbonyl (C=O) groups excluding carboxylic acids is 2. The molecule has 2 amide bonds. The molecule has 1 aliphatic heterocycles. The van der Waals surface area contributed by atoms with Crippen molar-refractivity contribution in [3.05, 3.63) is 63.7 Å². The van der Waals surface area contributed by atoms with Crippen LogP contribution >= 0.6 is 11.3 Å². The zero-order valence-corrected chi connectivity index (χ0v) is 18.8. The number of amides is 2. The van der Waals surface area contributed by atoms with E-state index in [0.717, 1.165) is 34.4 Å². The molecule has 0 saturated heterocycles. The molecule has 2 aliphatic rings. The number of rotatable bonds is 4. The minimum atomic E-state index is -4.55. The smallest absolute Gasteiger partial charge is 0.365 e. The zero-order valence-electron chi connectivity index (χ0n) is 18.0. The number of carbonyl (C=O) groups is 2. The number of aryl methyl sites for hydroxylation is 1. The van der Waals surface area contributed by atoms with Crippen molar-refractivity contribution in [1.82, 2.24) is 9.78 Å². The molecule has 3 aromatic rings. The van der Waals surface area contributed by atoms with Crippen molar-refractivity contribution in [2.75, 3.05) is 10.6 Å². The second-order valence-corrected chi connectivity index (χ2v) is 9.60. The number of halogens is 3. The number of nitrogens with zero attached hydrogens (tertiary/aromatic N) is 2. The molecule has 4 N–H and O–H groups in total. The third-order valence-corrected chi connectivity index (χ3v) is 7.48. The molecule has 178 valence electrons. The van der Waals surface area contributed by atoms with Gasteiger partial charge in [0.1, 0.15) is 10.8 Å². The number of fused-ring (bicyclic) bond motifs is 2. The Morgan fingerprint density at radius 1 is 1.18 bits per heavy atom. The molecule has 7 nitrogen and oxygen atoms in total. The normalized spacial score (nSPS) is 19.6. The van der Waals surface area contributed by atoms with Gasteiger partial charge in [0, 0.05) is 17.4 Å². The molecule has 5 rings (SSSR count). The van der Waals surface area contributed by atoms with Crippen LogP contribution in [0.4, 0.5) is 24.0 Å². The Morgan fingerprint density at radius 2 is 1.91 bits per heavy atom. The summed E-state index contributed by atoms with van der Waals surface area (Å²) in [6.07, 6.45) is -1.38. The second-order valence-electron chi connectivity index (χ2n) is 8.49. The topological polar surface area (TPSA) is 102 Å². The summed E-state index contributed by atoms with van der Waals surface area (Å²) >= 11 is 1.29. The summed E-state index contributed by atoms with van der Waals surface area (Å²) in [6.45, 7) is 0. The lowest BCUT2D eigenvalue weighted by Gasteiger charge is -2.33. The molecule has 2 atom stereocenters. The van der Waals surface area contributed by atoms with E-state index in [4.69, 9.17) is 5.73 Å². The highest BCUT2D eigenvalue weighted by Crippen LogP contribution is 2.44. The van der Waals surface area contributed by atoms with Crippen LogP contribution in [0.3, 0.4) is 0 Å². The number of thiophene rings is 1. The molecule has 0 bridgehead atoms. The van der Waals surface area contributed by atoms with Crippen molar-refractivity contribution >= 4 is 34.0 Å². The Morgan fingerprint density at radius 3 is 2.62 bits per heavy atom. The van der Waals surface area contributed by atoms with Crippen LogP contribution in [-0.2, 0) is 12.8 Å². The molecule has 11 heteroatoms. The molecule has 0 unspecified atom stereocenters. The van der Waals surface area contributed by atoms with Gasteiger partial charge < -0.3 is 16.4 Å². The average molecular weight is 490 g/mol. The Labute approximate surface area is 197 Å². The lowest BCUT2D eigenvalue weighted by Crippen LogP contribution is -2.35. The van der Waals surface area contributed by atoms with Crippen molar-refractivity contribution in [3.8, 4) is 0 Å². The fourth-order valence-electron chi connectivity index (χ4n) is 4.67. The molecule has 1 aliphatic carbocycles. The monoisotopic (exact) mass is 489 g/mol. The average Bonchev–Trinajstić information content (AvgIpc) is 3.39. The Balaban J connectivity index is 1.46. The van der Waals surface area contributed by atoms with Gasteiger partial charge in [-0.05, 0) is 36.8 Å². The van der Waals surface area contributed by atoms with Crippen LogP contribution in [0, 0.1) is 0 Å². The predicted octanol–water partition coefficient (Wildman–Crippen LogP) is 4.83. The van der Waals surface area contributed by atoms with Crippen LogP contribution in [0.25, 0.3) is 0 Å². The number of benzene rings is 1. The minimum Gasteiger partial charge on any atom is -0.365 e. The molecule has 2 aromatic heterocycles. The van der Waals surface area contributed by atoms with Crippen molar-refractivity contribution in [2.45, 2.75) is 50.4 Å². The number of nitrogens with one attached hydrogen (secondary N) is 2. The molecular formula is C23H22F3N5O2S. The highest BCUT2D eigenvalue weighted by molar-refractivity contribution is 7.17. The maximum absolute atomic E-state index is 13.9. The molecule has 0 radical (unpaired) electrons. The van der Waals surface area contributed by atoms with Gasteiger partial charge in [0.05, 0.1) is 11.6 Å². The number of hydrogen-bond donors (Lipinski definition) is 3. The van der Waals surface area contributed by atoms with Gasteiger partial charge in [-0.1, -0.05) is 30.3 Å². The third kappa shape index (κ3) is 4.04. The summed E-state index contributed by atoms with van der Waals surface area (Å²) in [5.74, 6) is -1.22. The molecule has 34 heavy (non-hydrogen) atoms. The summed E-state index contributed by atoms with van der Waals surface area (Å²) in [5, 5.41) is 10.0. The quantitative estimate of drug-likeness (QED) is 0.488. The first-order valence-electron chi connectivity index (χ1n) is 11.0. The Hall–Kier alpha value is -3.34. The van der Waals surface area contributed by atoms with E-state index >= 15 is 0 Å². The maximum atomic E-state index is 13.9. The summed E-state index contributed by atoms with van der Waals surface area (Å²) in [5.41, 5.74) is 7.25. The first kappa shape index (κ1) is 22.5. The van der Waals surface area contributed by atoms with E-state index in [2.05, 4.69) is 15.7 Å². The molecular weight excluding hydrogens is 467 g/mol. The van der Waals surface area contributed by atoms with E-state index in [9.17, 15) is 22.8 Å². The van der Waals surface area contributed by atoms with E-state index in [-0.39, 0.29) is 23.5 Å². The third-order valence-electron chi connectivity index (χ3n) is 6.27. The molecule has 0 saturated carbocycles. The van der Waals surface area contributed by atoms with Gasteiger partial charge in [0.25, 0.3) is 11.8 Å². The van der Waals surface area contributed by atoms with Crippen LogP contribution < -0.4 is 16.4 Å². The number of aromatic nitrogens is 2. The second kappa shape index (κ2) is 8.46. The van der Waals surface area contributed by atoms with Crippen molar-refractivity contribution in [2.24, 2.45) is 5.73 Å².